The van der Waals surface area contributed by atoms with Crippen LogP contribution < -0.4 is 10.6 Å². The fourth-order valence-electron chi connectivity index (χ4n) is 2.33. The molecule has 2 N–H and O–H groups in total. The van der Waals surface area contributed by atoms with Crippen LogP contribution in [0.5, 0.6) is 0 Å². The predicted molar refractivity (Wildman–Crippen MR) is 94.8 cm³/mol. The van der Waals surface area contributed by atoms with Crippen molar-refractivity contribution in [3.63, 3.8) is 0 Å². The van der Waals surface area contributed by atoms with Crippen LogP contribution in [0.15, 0.2) is 4.99 Å². The molecule has 1 fully saturated rings. The molecule has 0 amide bonds. The zero-order valence-corrected chi connectivity index (χ0v) is 15.9. The van der Waals surface area contributed by atoms with Crippen molar-refractivity contribution in [3.05, 3.63) is 0 Å². The molecule has 1 saturated heterocycles. The average molecular weight is 436 g/mol. The summed E-state index contributed by atoms with van der Waals surface area (Å²) < 4.78 is 37.0. The van der Waals surface area contributed by atoms with Gasteiger partial charge in [-0.1, -0.05) is 13.8 Å². The van der Waals surface area contributed by atoms with E-state index in [9.17, 15) is 13.2 Å². The normalized spacial score (nSPS) is 20.1. The largest absolute Gasteiger partial charge is 0.401 e. The van der Waals surface area contributed by atoms with E-state index in [-0.39, 0.29) is 29.9 Å². The van der Waals surface area contributed by atoms with Gasteiger partial charge in [-0.25, -0.2) is 0 Å². The average Bonchev–Trinajstić information content (AvgIpc) is 2.78. The van der Waals surface area contributed by atoms with E-state index >= 15 is 0 Å². The Hall–Kier alpha value is -0.250. The topological polar surface area (TPSA) is 39.7 Å². The molecule has 0 spiro atoms. The van der Waals surface area contributed by atoms with Gasteiger partial charge < -0.3 is 10.6 Å². The Labute approximate surface area is 148 Å². The van der Waals surface area contributed by atoms with Gasteiger partial charge in [0.1, 0.15) is 0 Å². The van der Waals surface area contributed by atoms with Crippen molar-refractivity contribution in [1.82, 2.24) is 15.5 Å². The van der Waals surface area contributed by atoms with Crippen molar-refractivity contribution in [2.24, 2.45) is 16.8 Å². The quantitative estimate of drug-likeness (QED) is 0.382. The number of rotatable bonds is 6. The number of hydrogen-bond acceptors (Lipinski definition) is 2. The highest BCUT2D eigenvalue weighted by Gasteiger charge is 2.34. The molecule has 1 atom stereocenters. The Morgan fingerprint density at radius 3 is 2.55 bits per heavy atom. The first-order valence-corrected chi connectivity index (χ1v) is 7.61. The van der Waals surface area contributed by atoms with Crippen molar-refractivity contribution in [3.8, 4) is 0 Å². The molecule has 0 aromatic heterocycles. The van der Waals surface area contributed by atoms with Crippen LogP contribution >= 0.6 is 24.0 Å². The molecule has 1 aliphatic rings. The van der Waals surface area contributed by atoms with Crippen molar-refractivity contribution < 1.29 is 13.2 Å². The molecule has 0 aromatic carbocycles. The lowest BCUT2D eigenvalue weighted by molar-refractivity contribution is -0.143. The molecule has 132 valence electrons. The molecule has 0 bridgehead atoms. The number of halogens is 4. The Bertz CT molecular complexity index is 335. The number of nitrogens with zero attached hydrogens (tertiary/aromatic N) is 2. The van der Waals surface area contributed by atoms with Gasteiger partial charge in [-0.05, 0) is 31.7 Å². The molecule has 1 aliphatic heterocycles. The highest BCUT2D eigenvalue weighted by molar-refractivity contribution is 14.0. The molecule has 8 heteroatoms. The van der Waals surface area contributed by atoms with Crippen molar-refractivity contribution in [2.75, 3.05) is 39.3 Å². The first-order chi connectivity index (χ1) is 9.80. The summed E-state index contributed by atoms with van der Waals surface area (Å²) in [4.78, 5) is 5.93. The molecule has 1 heterocycles. The van der Waals surface area contributed by atoms with Crippen molar-refractivity contribution in [2.45, 2.75) is 33.4 Å². The fraction of sp³-hybridized carbons (Fsp3) is 0.929. The monoisotopic (exact) mass is 436 g/mol. The third-order valence-corrected chi connectivity index (χ3v) is 3.29. The van der Waals surface area contributed by atoms with Crippen LogP contribution in [0.3, 0.4) is 0 Å². The maximum atomic E-state index is 12.3. The van der Waals surface area contributed by atoms with Gasteiger partial charge in [0, 0.05) is 26.2 Å². The standard InChI is InChI=1S/C14H27F3N4.HI/c1-4-18-13(19-7-11(2)3)20-8-12-5-6-21(9-12)10-14(15,16)17;/h11-12H,4-10H2,1-3H3,(H2,18,19,20);1H. The minimum absolute atomic E-state index is 0. The molecule has 0 saturated carbocycles. The first kappa shape index (κ1) is 21.8. The molecule has 22 heavy (non-hydrogen) atoms. The van der Waals surface area contributed by atoms with Crippen LogP contribution in [0.2, 0.25) is 0 Å². The summed E-state index contributed by atoms with van der Waals surface area (Å²) in [5, 5.41) is 6.39. The van der Waals surface area contributed by atoms with Crippen LogP contribution in [0.4, 0.5) is 13.2 Å². The number of likely N-dealkylation sites (tertiary alicyclic amines) is 1. The van der Waals surface area contributed by atoms with Crippen LogP contribution in [-0.2, 0) is 0 Å². The lowest BCUT2D eigenvalue weighted by atomic mass is 10.1. The molecule has 1 rings (SSSR count). The zero-order chi connectivity index (χ0) is 15.9. The molecule has 4 nitrogen and oxygen atoms in total. The zero-order valence-electron chi connectivity index (χ0n) is 13.5. The summed E-state index contributed by atoms with van der Waals surface area (Å²) in [7, 11) is 0. The van der Waals surface area contributed by atoms with Crippen LogP contribution in [0.25, 0.3) is 0 Å². The highest BCUT2D eigenvalue weighted by atomic mass is 127. The third-order valence-electron chi connectivity index (χ3n) is 3.29. The Kier molecular flexibility index (Phi) is 10.4. The van der Waals surface area contributed by atoms with Crippen LogP contribution in [0, 0.1) is 11.8 Å². The van der Waals surface area contributed by atoms with Gasteiger partial charge in [-0.2, -0.15) is 13.2 Å². The molecular formula is C14H28F3IN4. The Balaban J connectivity index is 0.00000441. The first-order valence-electron chi connectivity index (χ1n) is 7.61. The summed E-state index contributed by atoms with van der Waals surface area (Å²) in [6, 6.07) is 0. The maximum absolute atomic E-state index is 12.3. The summed E-state index contributed by atoms with van der Waals surface area (Å²) in [5.41, 5.74) is 0. The Morgan fingerprint density at radius 2 is 2.00 bits per heavy atom. The van der Waals surface area contributed by atoms with Crippen molar-refractivity contribution in [1.29, 1.82) is 0 Å². The molecule has 0 aromatic rings. The summed E-state index contributed by atoms with van der Waals surface area (Å²) in [5.74, 6) is 1.48. The second-order valence-corrected chi connectivity index (χ2v) is 6.00. The van der Waals surface area contributed by atoms with E-state index in [4.69, 9.17) is 0 Å². The summed E-state index contributed by atoms with van der Waals surface area (Å²) >= 11 is 0. The number of hydrogen-bond donors (Lipinski definition) is 2. The van der Waals surface area contributed by atoms with Crippen LogP contribution in [0.1, 0.15) is 27.2 Å². The summed E-state index contributed by atoms with van der Waals surface area (Å²) in [6.45, 7) is 8.57. The molecular weight excluding hydrogens is 408 g/mol. The molecule has 0 radical (unpaired) electrons. The smallest absolute Gasteiger partial charge is 0.357 e. The van der Waals surface area contributed by atoms with Gasteiger partial charge in [0.2, 0.25) is 0 Å². The third kappa shape index (κ3) is 9.70. The minimum Gasteiger partial charge on any atom is -0.357 e. The van der Waals surface area contributed by atoms with E-state index in [1.165, 1.54) is 4.90 Å². The van der Waals surface area contributed by atoms with E-state index in [0.29, 0.717) is 25.6 Å². The number of aliphatic imine (C=N–C) groups is 1. The number of guanidine groups is 1. The van der Waals surface area contributed by atoms with Crippen molar-refractivity contribution >= 4 is 29.9 Å². The second kappa shape index (κ2) is 10.5. The van der Waals surface area contributed by atoms with Gasteiger partial charge in [0.25, 0.3) is 0 Å². The fourth-order valence-corrected chi connectivity index (χ4v) is 2.33. The maximum Gasteiger partial charge on any atom is 0.401 e. The van der Waals surface area contributed by atoms with Gasteiger partial charge >= 0.3 is 6.18 Å². The van der Waals surface area contributed by atoms with E-state index < -0.39 is 12.7 Å². The lowest BCUT2D eigenvalue weighted by Crippen LogP contribution is -2.41. The number of nitrogens with one attached hydrogen (secondary N) is 2. The van der Waals surface area contributed by atoms with E-state index in [1.54, 1.807) is 0 Å². The lowest BCUT2D eigenvalue weighted by Gasteiger charge is -2.18. The van der Waals surface area contributed by atoms with Gasteiger partial charge in [-0.15, -0.1) is 24.0 Å². The van der Waals surface area contributed by atoms with E-state index in [0.717, 1.165) is 25.5 Å². The van der Waals surface area contributed by atoms with E-state index in [1.807, 2.05) is 6.92 Å². The van der Waals surface area contributed by atoms with Crippen LogP contribution in [-0.4, -0.2) is 56.3 Å². The number of alkyl halides is 3. The predicted octanol–water partition coefficient (Wildman–Crippen LogP) is 2.70. The van der Waals surface area contributed by atoms with Gasteiger partial charge in [0.05, 0.1) is 6.54 Å². The van der Waals surface area contributed by atoms with Gasteiger partial charge in [0.15, 0.2) is 5.96 Å². The molecule has 0 aliphatic carbocycles. The van der Waals surface area contributed by atoms with Gasteiger partial charge in [-0.3, -0.25) is 9.89 Å². The Morgan fingerprint density at radius 1 is 1.32 bits per heavy atom. The van der Waals surface area contributed by atoms with E-state index in [2.05, 4.69) is 29.5 Å². The molecule has 1 unspecified atom stereocenters. The minimum atomic E-state index is -4.10. The SMILES string of the molecule is CCNC(=NCC(C)C)NCC1CCN(CC(F)(F)F)C1.I. The highest BCUT2D eigenvalue weighted by Crippen LogP contribution is 2.22. The second-order valence-electron chi connectivity index (χ2n) is 6.00. The summed E-state index contributed by atoms with van der Waals surface area (Å²) in [6.07, 6.45) is -3.30.